The Morgan fingerprint density at radius 1 is 1.32 bits per heavy atom. The first-order chi connectivity index (χ1) is 11.7. The second-order valence-corrected chi connectivity index (χ2v) is 9.49. The first-order valence-electron chi connectivity index (χ1n) is 6.63. The summed E-state index contributed by atoms with van der Waals surface area (Å²) in [6.07, 6.45) is -0.0285. The lowest BCUT2D eigenvalue weighted by molar-refractivity contribution is -0.142. The Hall–Kier alpha value is -0.710. The van der Waals surface area contributed by atoms with Crippen LogP contribution in [-0.2, 0) is 26.0 Å². The molecule has 0 radical (unpaired) electrons. The number of hydrogen-bond donors (Lipinski definition) is 1. The number of esters is 1. The van der Waals surface area contributed by atoms with Gasteiger partial charge in [-0.2, -0.15) is 4.72 Å². The molecular formula is C14H11BrCl2FNO4S2. The van der Waals surface area contributed by atoms with Crippen molar-refractivity contribution in [3.8, 4) is 0 Å². The molecule has 0 aliphatic rings. The van der Waals surface area contributed by atoms with Crippen LogP contribution in [-0.4, -0.2) is 27.5 Å². The van der Waals surface area contributed by atoms with E-state index in [2.05, 4.69) is 25.4 Å². The number of carbonyl (C=O) groups excluding carboxylic acids is 1. The lowest BCUT2D eigenvalue weighted by atomic mass is 10.1. The second-order valence-electron chi connectivity index (χ2n) is 4.82. The van der Waals surface area contributed by atoms with Crippen LogP contribution in [0.15, 0.2) is 33.6 Å². The highest BCUT2D eigenvalue weighted by molar-refractivity contribution is 9.10. The Morgan fingerprint density at radius 3 is 2.40 bits per heavy atom. The van der Waals surface area contributed by atoms with E-state index in [-0.39, 0.29) is 24.5 Å². The predicted octanol–water partition coefficient (Wildman–Crippen LogP) is 4.02. The average molecular weight is 491 g/mol. The number of sulfonamides is 1. The monoisotopic (exact) mass is 489 g/mol. The largest absolute Gasteiger partial charge is 0.468 e. The summed E-state index contributed by atoms with van der Waals surface area (Å²) in [6, 6.07) is 4.10. The van der Waals surface area contributed by atoms with E-state index >= 15 is 0 Å². The highest BCUT2D eigenvalue weighted by Crippen LogP contribution is 2.42. The summed E-state index contributed by atoms with van der Waals surface area (Å²) < 4.78 is 45.4. The fourth-order valence-corrected chi connectivity index (χ4v) is 6.73. The Bertz CT molecular complexity index is 887. The summed E-state index contributed by atoms with van der Waals surface area (Å²) in [4.78, 5) is 11.7. The fourth-order valence-electron chi connectivity index (χ4n) is 1.99. The zero-order valence-electron chi connectivity index (χ0n) is 12.6. The molecule has 1 N–H and O–H groups in total. The summed E-state index contributed by atoms with van der Waals surface area (Å²) in [6.45, 7) is 0. The fraction of sp³-hybridized carbons (Fsp3) is 0.214. The van der Waals surface area contributed by atoms with Gasteiger partial charge in [0.2, 0.25) is 10.0 Å². The van der Waals surface area contributed by atoms with E-state index < -0.39 is 27.9 Å². The summed E-state index contributed by atoms with van der Waals surface area (Å²) in [5, 5.41) is 0. The van der Waals surface area contributed by atoms with E-state index in [9.17, 15) is 17.6 Å². The van der Waals surface area contributed by atoms with Gasteiger partial charge >= 0.3 is 5.97 Å². The number of thiophene rings is 1. The van der Waals surface area contributed by atoms with Gasteiger partial charge in [-0.15, -0.1) is 11.3 Å². The summed E-state index contributed by atoms with van der Waals surface area (Å²) in [5.74, 6) is -1.23. The van der Waals surface area contributed by atoms with Gasteiger partial charge in [0.1, 0.15) is 25.4 Å². The Balaban J connectivity index is 2.32. The standard InChI is InChI=1S/C14H11BrCl2FNO4S2/c1-23-14(20)9(6-7-2-4-8(18)5-3-7)19-25(21,22)11-10(15)12(16)24-13(11)17/h2-5,9,19H,6H2,1H3. The molecule has 2 aromatic rings. The first-order valence-corrected chi connectivity index (χ1v) is 10.5. The average Bonchev–Trinajstić information content (AvgIpc) is 2.81. The molecule has 0 amide bonds. The molecule has 0 saturated heterocycles. The molecular weight excluding hydrogens is 480 g/mol. The van der Waals surface area contributed by atoms with Gasteiger partial charge < -0.3 is 4.74 Å². The van der Waals surface area contributed by atoms with Gasteiger partial charge in [-0.1, -0.05) is 35.3 Å². The summed E-state index contributed by atoms with van der Waals surface area (Å²) in [7, 11) is -3.02. The first kappa shape index (κ1) is 20.6. The number of nitrogens with one attached hydrogen (secondary N) is 1. The van der Waals surface area contributed by atoms with Crippen molar-refractivity contribution in [2.45, 2.75) is 17.4 Å². The number of methoxy groups -OCH3 is 1. The van der Waals surface area contributed by atoms with E-state index in [0.29, 0.717) is 5.56 Å². The van der Waals surface area contributed by atoms with Gasteiger partial charge in [0, 0.05) is 0 Å². The maximum absolute atomic E-state index is 13.0. The van der Waals surface area contributed by atoms with Crippen molar-refractivity contribution in [2.75, 3.05) is 7.11 Å². The van der Waals surface area contributed by atoms with Crippen LogP contribution in [0.4, 0.5) is 4.39 Å². The minimum Gasteiger partial charge on any atom is -0.468 e. The van der Waals surface area contributed by atoms with E-state index in [0.717, 1.165) is 18.4 Å². The van der Waals surface area contributed by atoms with E-state index in [1.165, 1.54) is 24.3 Å². The maximum atomic E-state index is 13.0. The van der Waals surface area contributed by atoms with Gasteiger partial charge in [0.05, 0.1) is 11.6 Å². The molecule has 1 unspecified atom stereocenters. The van der Waals surface area contributed by atoms with Crippen molar-refractivity contribution < 1.29 is 22.3 Å². The molecule has 0 saturated carbocycles. The minimum atomic E-state index is -4.16. The van der Waals surface area contributed by atoms with Gasteiger partial charge in [-0.3, -0.25) is 4.79 Å². The van der Waals surface area contributed by atoms with Gasteiger partial charge in [-0.25, -0.2) is 12.8 Å². The Morgan fingerprint density at radius 2 is 1.92 bits per heavy atom. The van der Waals surface area contributed by atoms with Crippen molar-refractivity contribution in [2.24, 2.45) is 0 Å². The van der Waals surface area contributed by atoms with Crippen LogP contribution < -0.4 is 4.72 Å². The van der Waals surface area contributed by atoms with Crippen molar-refractivity contribution in [1.82, 2.24) is 4.72 Å². The lowest BCUT2D eigenvalue weighted by Crippen LogP contribution is -2.43. The predicted molar refractivity (Wildman–Crippen MR) is 98.3 cm³/mol. The Kier molecular flexibility index (Phi) is 6.86. The van der Waals surface area contributed by atoms with Crippen LogP contribution in [0.1, 0.15) is 5.56 Å². The number of hydrogen-bond acceptors (Lipinski definition) is 5. The third-order valence-corrected chi connectivity index (χ3v) is 8.07. The van der Waals surface area contributed by atoms with Crippen molar-refractivity contribution >= 4 is 66.5 Å². The lowest BCUT2D eigenvalue weighted by Gasteiger charge is -2.17. The quantitative estimate of drug-likeness (QED) is 0.620. The van der Waals surface area contributed by atoms with Gasteiger partial charge in [-0.05, 0) is 40.0 Å². The molecule has 0 aliphatic heterocycles. The van der Waals surface area contributed by atoms with E-state index in [1.54, 1.807) is 0 Å². The zero-order valence-corrected chi connectivity index (χ0v) is 17.3. The smallest absolute Gasteiger partial charge is 0.324 e. The van der Waals surface area contributed by atoms with Gasteiger partial charge in [0.15, 0.2) is 0 Å². The molecule has 25 heavy (non-hydrogen) atoms. The summed E-state index contributed by atoms with van der Waals surface area (Å²) in [5.41, 5.74) is 0.549. The molecule has 0 fully saturated rings. The topological polar surface area (TPSA) is 72.5 Å². The van der Waals surface area contributed by atoms with Crippen LogP contribution in [0.3, 0.4) is 0 Å². The minimum absolute atomic E-state index is 0.0285. The molecule has 1 aromatic heterocycles. The molecule has 1 aromatic carbocycles. The van der Waals surface area contributed by atoms with Crippen molar-refractivity contribution in [1.29, 1.82) is 0 Å². The van der Waals surface area contributed by atoms with Crippen LogP contribution in [0.25, 0.3) is 0 Å². The number of halogens is 4. The maximum Gasteiger partial charge on any atom is 0.324 e. The van der Waals surface area contributed by atoms with Crippen LogP contribution in [0.2, 0.25) is 8.67 Å². The van der Waals surface area contributed by atoms with Crippen LogP contribution in [0, 0.1) is 5.82 Å². The van der Waals surface area contributed by atoms with Gasteiger partial charge in [0.25, 0.3) is 0 Å². The molecule has 0 aliphatic carbocycles. The van der Waals surface area contributed by atoms with Crippen LogP contribution in [0.5, 0.6) is 0 Å². The Labute approximate surface area is 166 Å². The highest BCUT2D eigenvalue weighted by Gasteiger charge is 2.31. The normalized spacial score (nSPS) is 12.8. The number of ether oxygens (including phenoxy) is 1. The molecule has 0 bridgehead atoms. The van der Waals surface area contributed by atoms with Crippen molar-refractivity contribution in [3.05, 3.63) is 48.8 Å². The number of carbonyl (C=O) groups is 1. The molecule has 2 rings (SSSR count). The molecule has 11 heteroatoms. The van der Waals surface area contributed by atoms with Crippen molar-refractivity contribution in [3.63, 3.8) is 0 Å². The second kappa shape index (κ2) is 8.32. The van der Waals surface area contributed by atoms with E-state index in [4.69, 9.17) is 23.2 Å². The molecule has 1 heterocycles. The SMILES string of the molecule is COC(=O)C(Cc1ccc(F)cc1)NS(=O)(=O)c1c(Cl)sc(Cl)c1Br. The molecule has 1 atom stereocenters. The van der Waals surface area contributed by atoms with Crippen LogP contribution >= 0.6 is 50.5 Å². The highest BCUT2D eigenvalue weighted by atomic mass is 79.9. The van der Waals surface area contributed by atoms with E-state index in [1.807, 2.05) is 0 Å². The zero-order chi connectivity index (χ0) is 18.8. The molecule has 5 nitrogen and oxygen atoms in total. The molecule has 0 spiro atoms. The third kappa shape index (κ3) is 4.93. The molecule has 136 valence electrons. The third-order valence-electron chi connectivity index (χ3n) is 3.13. The summed E-state index contributed by atoms with van der Waals surface area (Å²) >= 11 is 15.8. The number of rotatable bonds is 6. The number of benzene rings is 1.